The third-order valence-corrected chi connectivity index (χ3v) is 3.12. The highest BCUT2D eigenvalue weighted by Gasteiger charge is 2.21. The minimum Gasteiger partial charge on any atom is -0.396 e. The Kier molecular flexibility index (Phi) is 3.71. The molecule has 0 aliphatic carbocycles. The molecular formula is C13H17N3O3. The summed E-state index contributed by atoms with van der Waals surface area (Å²) in [5.41, 5.74) is 1.62. The number of carbonyl (C=O) groups excluding carboxylic acids is 1. The molecule has 0 saturated carbocycles. The summed E-state index contributed by atoms with van der Waals surface area (Å²) in [7, 11) is 0. The van der Waals surface area contributed by atoms with Crippen LogP contribution in [0.5, 0.6) is 0 Å². The van der Waals surface area contributed by atoms with Gasteiger partial charge in [0.15, 0.2) is 0 Å². The lowest BCUT2D eigenvalue weighted by atomic mass is 9.96. The summed E-state index contributed by atoms with van der Waals surface area (Å²) in [5.74, 6) is -0.614. The van der Waals surface area contributed by atoms with Gasteiger partial charge in [-0.25, -0.2) is 4.79 Å². The van der Waals surface area contributed by atoms with Crippen molar-refractivity contribution in [1.29, 1.82) is 0 Å². The van der Waals surface area contributed by atoms with E-state index in [1.54, 1.807) is 18.2 Å². The molecule has 0 saturated heterocycles. The maximum atomic E-state index is 12.0. The van der Waals surface area contributed by atoms with Gasteiger partial charge in [-0.1, -0.05) is 13.8 Å². The van der Waals surface area contributed by atoms with Gasteiger partial charge in [-0.3, -0.25) is 4.79 Å². The minimum absolute atomic E-state index is 0.0563. The second kappa shape index (κ2) is 5.27. The van der Waals surface area contributed by atoms with E-state index in [-0.39, 0.29) is 24.1 Å². The van der Waals surface area contributed by atoms with Crippen molar-refractivity contribution in [2.75, 3.05) is 11.9 Å². The quantitative estimate of drug-likeness (QED) is 0.663. The van der Waals surface area contributed by atoms with Crippen LogP contribution in [0, 0.1) is 11.8 Å². The van der Waals surface area contributed by atoms with Crippen molar-refractivity contribution in [2.45, 2.75) is 13.8 Å². The number of aliphatic hydroxyl groups is 1. The Balaban J connectivity index is 2.21. The molecule has 6 nitrogen and oxygen atoms in total. The van der Waals surface area contributed by atoms with E-state index < -0.39 is 5.92 Å². The Hall–Kier alpha value is -2.08. The number of hydrogen-bond acceptors (Lipinski definition) is 3. The molecule has 0 aliphatic rings. The van der Waals surface area contributed by atoms with E-state index in [0.717, 1.165) is 0 Å². The molecule has 4 N–H and O–H groups in total. The Morgan fingerprint density at radius 2 is 2.00 bits per heavy atom. The Morgan fingerprint density at radius 3 is 2.63 bits per heavy atom. The summed E-state index contributed by atoms with van der Waals surface area (Å²) in [4.78, 5) is 28.4. The van der Waals surface area contributed by atoms with Gasteiger partial charge in [0.2, 0.25) is 5.91 Å². The van der Waals surface area contributed by atoms with Gasteiger partial charge in [0.1, 0.15) is 0 Å². The van der Waals surface area contributed by atoms with Crippen molar-refractivity contribution >= 4 is 22.6 Å². The largest absolute Gasteiger partial charge is 0.396 e. The molecule has 6 heteroatoms. The zero-order valence-electron chi connectivity index (χ0n) is 10.9. The van der Waals surface area contributed by atoms with Crippen molar-refractivity contribution in [3.8, 4) is 0 Å². The first-order chi connectivity index (χ1) is 9.01. The fourth-order valence-corrected chi connectivity index (χ4v) is 1.94. The summed E-state index contributed by atoms with van der Waals surface area (Å²) >= 11 is 0. The molecular weight excluding hydrogens is 246 g/mol. The lowest BCUT2D eigenvalue weighted by Crippen LogP contribution is -2.29. The highest BCUT2D eigenvalue weighted by molar-refractivity contribution is 5.94. The molecule has 1 aromatic carbocycles. The van der Waals surface area contributed by atoms with Gasteiger partial charge in [0.25, 0.3) is 0 Å². The number of aromatic amines is 2. The van der Waals surface area contributed by atoms with Crippen LogP contribution in [0.2, 0.25) is 0 Å². The summed E-state index contributed by atoms with van der Waals surface area (Å²) in [6.45, 7) is 3.58. The predicted octanol–water partition coefficient (Wildman–Crippen LogP) is 1.06. The lowest BCUT2D eigenvalue weighted by Gasteiger charge is -2.17. The van der Waals surface area contributed by atoms with Crippen LogP contribution in [0.4, 0.5) is 5.69 Å². The number of anilines is 1. The number of benzene rings is 1. The van der Waals surface area contributed by atoms with Gasteiger partial charge < -0.3 is 20.4 Å². The second-order valence-electron chi connectivity index (χ2n) is 4.86. The molecule has 2 rings (SSSR count). The van der Waals surface area contributed by atoms with Gasteiger partial charge >= 0.3 is 5.69 Å². The molecule has 0 bridgehead atoms. The number of hydrogen-bond donors (Lipinski definition) is 4. The molecule has 1 unspecified atom stereocenters. The topological polar surface area (TPSA) is 98.0 Å². The smallest absolute Gasteiger partial charge is 0.323 e. The predicted molar refractivity (Wildman–Crippen MR) is 73.0 cm³/mol. The molecule has 0 fully saturated rings. The highest BCUT2D eigenvalue weighted by Crippen LogP contribution is 2.17. The minimum atomic E-state index is -0.444. The number of rotatable bonds is 4. The van der Waals surface area contributed by atoms with Crippen LogP contribution in [-0.2, 0) is 4.79 Å². The van der Waals surface area contributed by atoms with E-state index >= 15 is 0 Å². The first kappa shape index (κ1) is 13.4. The van der Waals surface area contributed by atoms with Gasteiger partial charge in [-0.05, 0) is 24.1 Å². The third kappa shape index (κ3) is 2.85. The van der Waals surface area contributed by atoms with Crippen LogP contribution >= 0.6 is 0 Å². The number of nitrogens with one attached hydrogen (secondary N) is 3. The molecule has 1 atom stereocenters. The van der Waals surface area contributed by atoms with Crippen LogP contribution < -0.4 is 11.0 Å². The standard InChI is InChI=1S/C13H17N3O3/c1-7(2)9(6-17)12(18)14-8-3-4-10-11(5-8)16-13(19)15-10/h3-5,7,9,17H,6H2,1-2H3,(H,14,18)(H2,15,16,19). The van der Waals surface area contributed by atoms with E-state index in [1.807, 2.05) is 13.8 Å². The zero-order chi connectivity index (χ0) is 14.0. The monoisotopic (exact) mass is 263 g/mol. The molecule has 19 heavy (non-hydrogen) atoms. The van der Waals surface area contributed by atoms with E-state index in [0.29, 0.717) is 16.7 Å². The van der Waals surface area contributed by atoms with E-state index in [4.69, 9.17) is 0 Å². The number of imidazole rings is 1. The number of amides is 1. The summed E-state index contributed by atoms with van der Waals surface area (Å²) in [6.07, 6.45) is 0. The molecule has 0 radical (unpaired) electrons. The second-order valence-corrected chi connectivity index (χ2v) is 4.86. The third-order valence-electron chi connectivity index (χ3n) is 3.12. The average molecular weight is 263 g/mol. The van der Waals surface area contributed by atoms with E-state index in [1.165, 1.54) is 0 Å². The first-order valence-corrected chi connectivity index (χ1v) is 6.15. The normalized spacial score (nSPS) is 12.8. The van der Waals surface area contributed by atoms with Crippen molar-refractivity contribution < 1.29 is 9.90 Å². The van der Waals surface area contributed by atoms with Crippen molar-refractivity contribution in [2.24, 2.45) is 11.8 Å². The molecule has 0 aliphatic heterocycles. The van der Waals surface area contributed by atoms with Gasteiger partial charge in [0, 0.05) is 5.69 Å². The number of H-pyrrole nitrogens is 2. The molecule has 2 aromatic rings. The Labute approximate surface area is 109 Å². The van der Waals surface area contributed by atoms with Gasteiger partial charge in [0.05, 0.1) is 23.6 Å². The zero-order valence-corrected chi connectivity index (χ0v) is 10.9. The summed E-state index contributed by atoms with van der Waals surface area (Å²) in [5, 5.41) is 11.9. The number of carbonyl (C=O) groups is 1. The fourth-order valence-electron chi connectivity index (χ4n) is 1.94. The van der Waals surface area contributed by atoms with Gasteiger partial charge in [-0.2, -0.15) is 0 Å². The van der Waals surface area contributed by atoms with Crippen LogP contribution in [-0.4, -0.2) is 27.6 Å². The SMILES string of the molecule is CC(C)C(CO)C(=O)Nc1ccc2[nH]c(=O)[nH]c2c1. The number of aliphatic hydroxyl groups excluding tert-OH is 1. The maximum absolute atomic E-state index is 12.0. The average Bonchev–Trinajstić information content (AvgIpc) is 2.68. The summed E-state index contributed by atoms with van der Waals surface area (Å²) in [6, 6.07) is 5.10. The fraction of sp³-hybridized carbons (Fsp3) is 0.385. The van der Waals surface area contributed by atoms with Crippen LogP contribution in [0.25, 0.3) is 11.0 Å². The Morgan fingerprint density at radius 1 is 1.32 bits per heavy atom. The first-order valence-electron chi connectivity index (χ1n) is 6.15. The maximum Gasteiger partial charge on any atom is 0.323 e. The molecule has 1 amide bonds. The van der Waals surface area contributed by atoms with Crippen molar-refractivity contribution in [1.82, 2.24) is 9.97 Å². The molecule has 102 valence electrons. The molecule has 0 spiro atoms. The van der Waals surface area contributed by atoms with E-state index in [2.05, 4.69) is 15.3 Å². The van der Waals surface area contributed by atoms with Crippen molar-refractivity contribution in [3.05, 3.63) is 28.7 Å². The van der Waals surface area contributed by atoms with Crippen LogP contribution in [0.1, 0.15) is 13.8 Å². The van der Waals surface area contributed by atoms with Crippen molar-refractivity contribution in [3.63, 3.8) is 0 Å². The lowest BCUT2D eigenvalue weighted by molar-refractivity contribution is -0.122. The molecule has 1 heterocycles. The Bertz CT molecular complexity index is 642. The number of fused-ring (bicyclic) bond motifs is 1. The van der Waals surface area contributed by atoms with E-state index in [9.17, 15) is 14.7 Å². The number of aromatic nitrogens is 2. The summed E-state index contributed by atoms with van der Waals surface area (Å²) < 4.78 is 0. The van der Waals surface area contributed by atoms with Gasteiger partial charge in [-0.15, -0.1) is 0 Å². The van der Waals surface area contributed by atoms with Crippen LogP contribution in [0.3, 0.4) is 0 Å². The van der Waals surface area contributed by atoms with Crippen LogP contribution in [0.15, 0.2) is 23.0 Å². The molecule has 1 aromatic heterocycles. The highest BCUT2D eigenvalue weighted by atomic mass is 16.3.